The third-order valence-electron chi connectivity index (χ3n) is 27.9. The first kappa shape index (κ1) is 88.1. The quantitative estimate of drug-likeness (QED) is 0.0836. The Morgan fingerprint density at radius 3 is 0.770 bits per heavy atom. The van der Waals surface area contributed by atoms with E-state index in [4.69, 9.17) is 14.2 Å². The van der Waals surface area contributed by atoms with Crippen LogP contribution in [0.2, 0.25) is 0 Å². The maximum Gasteiger partial charge on any atom is 0.178 e. The Morgan fingerprint density at radius 1 is 0.155 bits per heavy atom. The van der Waals surface area contributed by atoms with Gasteiger partial charge in [-0.05, 0) is 276 Å². The van der Waals surface area contributed by atoms with Crippen LogP contribution in [0.25, 0.3) is 93.9 Å². The number of hydrogen-bond donors (Lipinski definition) is 0. The highest BCUT2D eigenvalue weighted by molar-refractivity contribution is 6.07. The Morgan fingerprint density at radius 2 is 0.405 bits per heavy atom. The van der Waals surface area contributed by atoms with Crippen LogP contribution in [0.3, 0.4) is 0 Å². The molecule has 0 atom stereocenters. The molecule has 0 amide bonds. The average Bonchev–Trinajstić information content (AvgIpc) is 1.57. The van der Waals surface area contributed by atoms with Crippen molar-refractivity contribution in [2.75, 3.05) is 29.4 Å². The van der Waals surface area contributed by atoms with Crippen LogP contribution in [-0.2, 0) is 0 Å². The third kappa shape index (κ3) is 16.2. The highest BCUT2D eigenvalue weighted by Crippen LogP contribution is 2.61. The molecule has 3 aliphatic heterocycles. The molecule has 0 radical (unpaired) electrons. The summed E-state index contributed by atoms with van der Waals surface area (Å²) in [5, 5.41) is 5.60. The number of aromatic nitrogens is 3. The fourth-order valence-corrected chi connectivity index (χ4v) is 21.2. The number of nitrogens with zero attached hydrogens (tertiary/aromatic N) is 9. The summed E-state index contributed by atoms with van der Waals surface area (Å²) in [6.45, 7) is 0. The molecule has 28 rings (SSSR count). The number of fused-ring (bicyclic) bond motifs is 13. The Kier molecular flexibility index (Phi) is 23.1. The summed E-state index contributed by atoms with van der Waals surface area (Å²) in [5.41, 5.74) is 29.5. The van der Waals surface area contributed by atoms with Gasteiger partial charge in [-0.25, -0.2) is 0 Å². The van der Waals surface area contributed by atoms with Crippen LogP contribution < -0.4 is 43.6 Å². The Balaban J connectivity index is 0.000000113. The van der Waals surface area contributed by atoms with Gasteiger partial charge in [0.1, 0.15) is 0 Å². The van der Waals surface area contributed by atoms with E-state index < -0.39 is 0 Å². The highest BCUT2D eigenvalue weighted by Gasteiger charge is 2.38. The van der Waals surface area contributed by atoms with E-state index in [-0.39, 0.29) is 0 Å². The first-order chi connectivity index (χ1) is 73.5. The summed E-state index contributed by atoms with van der Waals surface area (Å²) >= 11 is 0. The molecule has 702 valence electrons. The van der Waals surface area contributed by atoms with Gasteiger partial charge < -0.3 is 28.9 Å². The lowest BCUT2D eigenvalue weighted by molar-refractivity contribution is 0.481. The second-order valence-electron chi connectivity index (χ2n) is 36.7. The van der Waals surface area contributed by atoms with Crippen molar-refractivity contribution in [3.05, 3.63) is 576 Å². The minimum Gasteiger partial charge on any atom is -0.451 e. The smallest absolute Gasteiger partial charge is 0.178 e. The van der Waals surface area contributed by atoms with Gasteiger partial charge in [-0.3, -0.25) is 28.4 Å². The molecular weight excluding hydrogens is 1810 g/mol. The van der Waals surface area contributed by atoms with Gasteiger partial charge in [-0.1, -0.05) is 334 Å². The minimum absolute atomic E-state index is 0.823. The first-order valence-electron chi connectivity index (χ1n) is 50.0. The lowest BCUT2D eigenvalue weighted by atomic mass is 10.0. The van der Waals surface area contributed by atoms with Crippen molar-refractivity contribution < 1.29 is 14.2 Å². The van der Waals surface area contributed by atoms with Crippen LogP contribution in [0.15, 0.2) is 576 Å². The molecule has 12 heteroatoms. The molecule has 12 nitrogen and oxygen atoms in total. The Labute approximate surface area is 858 Å². The van der Waals surface area contributed by atoms with E-state index in [9.17, 15) is 0 Å². The monoisotopic (exact) mass is 1900 g/mol. The van der Waals surface area contributed by atoms with E-state index in [0.29, 0.717) is 0 Å². The Hall–Kier alpha value is -20.1. The van der Waals surface area contributed by atoms with Crippen molar-refractivity contribution in [3.8, 4) is 84.9 Å². The summed E-state index contributed by atoms with van der Waals surface area (Å²) in [7, 11) is 0. The molecule has 6 heterocycles. The van der Waals surface area contributed by atoms with Crippen LogP contribution in [0.1, 0.15) is 0 Å². The zero-order chi connectivity index (χ0) is 98.2. The number of ether oxygens (including phenoxy) is 3. The lowest BCUT2D eigenvalue weighted by Gasteiger charge is -2.33. The van der Waals surface area contributed by atoms with Crippen molar-refractivity contribution >= 4 is 146 Å². The largest absolute Gasteiger partial charge is 0.451 e. The van der Waals surface area contributed by atoms with Crippen molar-refractivity contribution in [1.29, 1.82) is 0 Å². The topological polar surface area (TPSA) is 61.9 Å². The van der Waals surface area contributed by atoms with Crippen molar-refractivity contribution in [3.63, 3.8) is 0 Å². The minimum atomic E-state index is 0.823. The molecule has 0 saturated carbocycles. The number of hydrogen-bond acceptors (Lipinski definition) is 9. The summed E-state index contributed by atoms with van der Waals surface area (Å²) in [6.07, 6.45) is 0. The predicted octanol–water partition coefficient (Wildman–Crippen LogP) is 38.2. The molecular formula is C136H95N9O3. The molecule has 3 aliphatic rings. The van der Waals surface area contributed by atoms with Gasteiger partial charge in [0.25, 0.3) is 0 Å². The van der Waals surface area contributed by atoms with Crippen molar-refractivity contribution in [2.24, 2.45) is 0 Å². The zero-order valence-corrected chi connectivity index (χ0v) is 80.6. The van der Waals surface area contributed by atoms with Crippen LogP contribution >= 0.6 is 0 Å². The summed E-state index contributed by atoms with van der Waals surface area (Å²) in [5.74, 6) is 7.95. The molecule has 0 spiro atoms. The SMILES string of the molecule is c1ccc(-c2ccc(N(c3ccc(-c4ccccc4)cc3)c3ccc(N4c5ccccc5Oc5c4n(-c4ccccc4)c4ccccc54)cc3)cc2)cc1.c1ccc(-c2ccccc2N(c2ccc(N3c4ccccc4Oc4c3n(-c3ccccc3)c3ccccc43)cc2)c2cccc3ccccc23)cc1.c1ccc(N(c2ccccc2)c2ccc(N3c4ccccc4Oc4c3n(-c3ccccc3)c3ccccc43)cc2)cc1. The van der Waals surface area contributed by atoms with E-state index in [1.54, 1.807) is 0 Å². The van der Waals surface area contributed by atoms with E-state index in [1.807, 2.05) is 30.3 Å². The van der Waals surface area contributed by atoms with Crippen LogP contribution in [0.5, 0.6) is 34.5 Å². The summed E-state index contributed by atoms with van der Waals surface area (Å²) < 4.78 is 27.1. The molecule has 0 fully saturated rings. The number of rotatable bonds is 18. The zero-order valence-electron chi connectivity index (χ0n) is 80.6. The Bertz CT molecular complexity index is 8970. The molecule has 0 bridgehead atoms. The molecule has 3 aromatic heterocycles. The van der Waals surface area contributed by atoms with Crippen LogP contribution in [0, 0.1) is 0 Å². The van der Waals surface area contributed by atoms with Gasteiger partial charge in [0.05, 0.1) is 45.0 Å². The summed E-state index contributed by atoms with van der Waals surface area (Å²) in [6, 6.07) is 203. The van der Waals surface area contributed by atoms with Crippen LogP contribution in [0.4, 0.5) is 103 Å². The maximum absolute atomic E-state index is 6.75. The van der Waals surface area contributed by atoms with Gasteiger partial charge in [0.15, 0.2) is 52.0 Å². The molecule has 148 heavy (non-hydrogen) atoms. The maximum atomic E-state index is 6.75. The van der Waals surface area contributed by atoms with Crippen molar-refractivity contribution in [1.82, 2.24) is 13.7 Å². The van der Waals surface area contributed by atoms with Crippen LogP contribution in [-0.4, -0.2) is 13.7 Å². The van der Waals surface area contributed by atoms with Crippen molar-refractivity contribution in [2.45, 2.75) is 0 Å². The molecule has 0 unspecified atom stereocenters. The standard InChI is InChI=1S/C50H35N3O.C48H33N3O.C38H27N3O/c1-4-14-36(15-5-1)38-24-28-41(29-25-38)51(42-30-26-39(27-31-42)37-16-6-2-7-17-37)43-32-34-44(35-33-43)53-47-22-12-13-23-48(47)54-49-45-20-10-11-21-46(45)52(50(49)53)40-18-8-3-9-19-40;1-3-16-34(17-4-1)39-23-9-11-25-42(39)49(43-28-15-19-35-18-7-8-22-40(35)43)37-30-32-38(33-31-37)51-45-27-13-14-29-46(45)52-47-41-24-10-12-26-44(41)50(48(47)51)36-20-5-2-6-21-36;1-4-14-28(15-5-1)39(29-16-6-2-7-17-29)31-24-26-32(27-25-31)41-35-22-12-13-23-36(35)42-37-33-20-10-11-21-34(33)40(38(37)41)30-18-8-3-9-19-30/h1-35H;1-33H;1-27H. The van der Waals surface area contributed by atoms with Gasteiger partial charge >= 0.3 is 0 Å². The molecule has 25 aromatic rings. The number of benzene rings is 22. The molecule has 0 saturated heterocycles. The number of anilines is 18. The summed E-state index contributed by atoms with van der Waals surface area (Å²) in [4.78, 5) is 14.0. The molecule has 0 aliphatic carbocycles. The third-order valence-corrected chi connectivity index (χ3v) is 27.9. The predicted molar refractivity (Wildman–Crippen MR) is 612 cm³/mol. The fourth-order valence-electron chi connectivity index (χ4n) is 21.2. The van der Waals surface area contributed by atoms with E-state index in [1.165, 1.54) is 44.2 Å². The van der Waals surface area contributed by atoms with Gasteiger partial charge in [-0.2, -0.15) is 0 Å². The highest BCUT2D eigenvalue weighted by atomic mass is 16.5. The first-order valence-corrected chi connectivity index (χ1v) is 50.0. The van der Waals surface area contributed by atoms with Gasteiger partial charge in [-0.15, -0.1) is 0 Å². The second-order valence-corrected chi connectivity index (χ2v) is 36.7. The lowest BCUT2D eigenvalue weighted by Crippen LogP contribution is -2.18. The number of para-hydroxylation sites is 15. The second kappa shape index (κ2) is 38.7. The van der Waals surface area contributed by atoms with Gasteiger partial charge in [0, 0.05) is 101 Å². The normalized spacial score (nSPS) is 11.9. The molecule has 22 aromatic carbocycles. The van der Waals surface area contributed by atoms with E-state index >= 15 is 0 Å². The van der Waals surface area contributed by atoms with E-state index in [0.717, 1.165) is 187 Å². The van der Waals surface area contributed by atoms with E-state index in [2.05, 4.69) is 589 Å². The van der Waals surface area contributed by atoms with Gasteiger partial charge in [0.2, 0.25) is 0 Å². The average molecular weight is 1900 g/mol. The fraction of sp³-hybridized carbons (Fsp3) is 0. The molecule has 0 N–H and O–H groups in total.